The Morgan fingerprint density at radius 3 is 2.42 bits per heavy atom. The van der Waals surface area contributed by atoms with Crippen LogP contribution in [0.4, 0.5) is 5.69 Å². The molecule has 0 aliphatic carbocycles. The van der Waals surface area contributed by atoms with Crippen molar-refractivity contribution in [2.24, 2.45) is 11.8 Å². The first-order valence-electron chi connectivity index (χ1n) is 11.6. The Labute approximate surface area is 213 Å². The summed E-state index contributed by atoms with van der Waals surface area (Å²) < 4.78 is 5.54. The fraction of sp³-hybridized carbons (Fsp3) is 0.250. The molecule has 0 aromatic heterocycles. The first-order valence-corrected chi connectivity index (χ1v) is 12.0. The van der Waals surface area contributed by atoms with Crippen LogP contribution in [-0.2, 0) is 20.8 Å². The molecule has 4 atom stereocenters. The monoisotopic (exact) mass is 504 g/mol. The van der Waals surface area contributed by atoms with Gasteiger partial charge < -0.3 is 9.84 Å². The van der Waals surface area contributed by atoms with Gasteiger partial charge in [-0.1, -0.05) is 66.2 Å². The van der Waals surface area contributed by atoms with Gasteiger partial charge in [-0.2, -0.15) is 0 Å². The van der Waals surface area contributed by atoms with E-state index in [-0.39, 0.29) is 6.42 Å². The van der Waals surface area contributed by atoms with E-state index in [0.717, 1.165) is 16.0 Å². The minimum atomic E-state index is -1.71. The molecule has 36 heavy (non-hydrogen) atoms. The van der Waals surface area contributed by atoms with E-state index in [1.165, 1.54) is 7.11 Å². The number of hydrogen-bond acceptors (Lipinski definition) is 5. The molecule has 184 valence electrons. The minimum absolute atomic E-state index is 0.0253. The highest BCUT2D eigenvalue weighted by Crippen LogP contribution is 2.52. The van der Waals surface area contributed by atoms with E-state index in [9.17, 15) is 19.5 Å². The molecule has 2 aliphatic heterocycles. The number of halogens is 1. The lowest BCUT2D eigenvalue weighted by atomic mass is 9.76. The Bertz CT molecular complexity index is 1360. The van der Waals surface area contributed by atoms with Gasteiger partial charge in [-0.15, -0.1) is 0 Å². The number of ether oxygens (including phenoxy) is 1. The van der Waals surface area contributed by atoms with Gasteiger partial charge in [-0.3, -0.25) is 19.7 Å². The van der Waals surface area contributed by atoms with Gasteiger partial charge in [-0.25, -0.2) is 4.90 Å². The van der Waals surface area contributed by atoms with Crippen molar-refractivity contribution in [1.29, 1.82) is 0 Å². The van der Waals surface area contributed by atoms with Gasteiger partial charge in [0, 0.05) is 23.0 Å². The third kappa shape index (κ3) is 3.67. The summed E-state index contributed by atoms with van der Waals surface area (Å²) in [5.41, 5.74) is 0.776. The zero-order valence-electron chi connectivity index (χ0n) is 19.8. The van der Waals surface area contributed by atoms with Crippen molar-refractivity contribution in [3.63, 3.8) is 0 Å². The number of methoxy groups -OCH3 is 1. The Morgan fingerprint density at radius 2 is 1.75 bits per heavy atom. The third-order valence-corrected chi connectivity index (χ3v) is 7.66. The number of benzene rings is 3. The predicted octanol–water partition coefficient (Wildman–Crippen LogP) is 4.17. The maximum atomic E-state index is 14.0. The zero-order chi connectivity index (χ0) is 25.6. The fourth-order valence-corrected chi connectivity index (χ4v) is 5.70. The molecule has 0 radical (unpaired) electrons. The van der Waals surface area contributed by atoms with Crippen molar-refractivity contribution in [3.05, 3.63) is 94.5 Å². The van der Waals surface area contributed by atoms with Crippen LogP contribution >= 0.6 is 11.6 Å². The van der Waals surface area contributed by atoms with E-state index >= 15 is 0 Å². The Morgan fingerprint density at radius 1 is 1.06 bits per heavy atom. The molecular weight excluding hydrogens is 480 g/mol. The summed E-state index contributed by atoms with van der Waals surface area (Å²) in [7, 11) is 1.52. The van der Waals surface area contributed by atoms with Crippen LogP contribution in [0, 0.1) is 18.8 Å². The Kier molecular flexibility index (Phi) is 6.06. The average Bonchev–Trinajstić information content (AvgIpc) is 3.35. The van der Waals surface area contributed by atoms with Crippen molar-refractivity contribution in [1.82, 2.24) is 5.32 Å². The number of amides is 2. The lowest BCUT2D eigenvalue weighted by molar-refractivity contribution is -0.148. The number of para-hydroxylation sites is 1. The number of carboxylic acids is 1. The topological polar surface area (TPSA) is 95.9 Å². The van der Waals surface area contributed by atoms with Gasteiger partial charge in [-0.05, 0) is 36.2 Å². The third-order valence-electron chi connectivity index (χ3n) is 7.25. The van der Waals surface area contributed by atoms with Crippen molar-refractivity contribution in [2.45, 2.75) is 24.9 Å². The van der Waals surface area contributed by atoms with E-state index in [1.807, 2.05) is 37.3 Å². The Balaban J connectivity index is 1.68. The van der Waals surface area contributed by atoms with Gasteiger partial charge in [0.05, 0.1) is 24.6 Å². The van der Waals surface area contributed by atoms with Crippen LogP contribution in [0.1, 0.15) is 22.7 Å². The molecule has 7 nitrogen and oxygen atoms in total. The number of carbonyl (C=O) groups is 3. The molecule has 2 amide bonds. The number of rotatable bonds is 6. The first kappa shape index (κ1) is 24.0. The summed E-state index contributed by atoms with van der Waals surface area (Å²) in [6.45, 7) is 1.82. The number of hydrogen-bond donors (Lipinski definition) is 2. The van der Waals surface area contributed by atoms with E-state index in [2.05, 4.69) is 5.32 Å². The lowest BCUT2D eigenvalue weighted by Crippen LogP contribution is -2.57. The Hall–Kier alpha value is -3.68. The maximum absolute atomic E-state index is 14.0. The number of fused-ring (bicyclic) bond motifs is 1. The molecule has 4 unspecified atom stereocenters. The largest absolute Gasteiger partial charge is 0.496 e. The van der Waals surface area contributed by atoms with Gasteiger partial charge in [0.1, 0.15) is 11.3 Å². The number of aryl methyl sites for hydroxylation is 1. The number of carbonyl (C=O) groups excluding carboxylic acids is 2. The predicted molar refractivity (Wildman–Crippen MR) is 135 cm³/mol. The molecule has 0 saturated carbocycles. The highest BCUT2D eigenvalue weighted by molar-refractivity contribution is 6.32. The molecule has 3 aromatic rings. The first-order chi connectivity index (χ1) is 17.3. The van der Waals surface area contributed by atoms with E-state index in [4.69, 9.17) is 16.3 Å². The number of carboxylic acid groups (broad SMARTS) is 1. The van der Waals surface area contributed by atoms with Crippen molar-refractivity contribution in [2.75, 3.05) is 12.0 Å². The molecule has 3 aromatic carbocycles. The summed E-state index contributed by atoms with van der Waals surface area (Å²) in [4.78, 5) is 42.0. The van der Waals surface area contributed by atoms with E-state index in [1.54, 1.807) is 42.5 Å². The van der Waals surface area contributed by atoms with Gasteiger partial charge in [0.2, 0.25) is 11.8 Å². The molecular formula is C28H25ClN2O5. The number of imide groups is 1. The summed E-state index contributed by atoms with van der Waals surface area (Å²) in [5, 5.41) is 14.2. The van der Waals surface area contributed by atoms with Crippen molar-refractivity contribution >= 4 is 35.1 Å². The van der Waals surface area contributed by atoms with Crippen LogP contribution in [0.2, 0.25) is 5.02 Å². The van der Waals surface area contributed by atoms with Crippen LogP contribution in [0.3, 0.4) is 0 Å². The lowest BCUT2D eigenvalue weighted by Gasteiger charge is -2.31. The van der Waals surface area contributed by atoms with Crippen LogP contribution in [0.15, 0.2) is 72.8 Å². The van der Waals surface area contributed by atoms with Crippen LogP contribution in [-0.4, -0.2) is 35.5 Å². The molecule has 2 aliphatic rings. The zero-order valence-corrected chi connectivity index (χ0v) is 20.5. The van der Waals surface area contributed by atoms with Crippen molar-refractivity contribution in [3.8, 4) is 5.75 Å². The second-order valence-electron chi connectivity index (χ2n) is 9.25. The van der Waals surface area contributed by atoms with Crippen LogP contribution in [0.5, 0.6) is 5.75 Å². The normalized spacial score (nSPS) is 25.2. The van der Waals surface area contributed by atoms with Gasteiger partial charge >= 0.3 is 5.97 Å². The van der Waals surface area contributed by atoms with Crippen LogP contribution in [0.25, 0.3) is 0 Å². The van der Waals surface area contributed by atoms with Gasteiger partial charge in [0.15, 0.2) is 0 Å². The molecule has 2 N–H and O–H groups in total. The SMILES string of the molecule is COc1ccccc1C1NC(Cc2ccccc2)(C(=O)O)C2C(=O)N(c3ccc(C)c(Cl)c3)C(=O)C12. The second-order valence-corrected chi connectivity index (χ2v) is 9.66. The van der Waals surface area contributed by atoms with Gasteiger partial charge in [0.25, 0.3) is 0 Å². The molecule has 2 heterocycles. The minimum Gasteiger partial charge on any atom is -0.496 e. The summed E-state index contributed by atoms with van der Waals surface area (Å²) >= 11 is 6.31. The number of nitrogens with one attached hydrogen (secondary N) is 1. The summed E-state index contributed by atoms with van der Waals surface area (Å²) in [6.07, 6.45) is 0.0253. The smallest absolute Gasteiger partial charge is 0.325 e. The standard InChI is InChI=1S/C28H25ClN2O5/c1-16-12-13-18(14-20(16)29)31-25(32)22-23(26(31)33)28(27(34)35,15-17-8-4-3-5-9-17)30-24(22)19-10-6-7-11-21(19)36-2/h3-14,22-24,30H,15H2,1-2H3,(H,34,35). The summed E-state index contributed by atoms with van der Waals surface area (Å²) in [5.74, 6) is -3.81. The maximum Gasteiger partial charge on any atom is 0.325 e. The summed E-state index contributed by atoms with van der Waals surface area (Å²) in [6, 6.07) is 20.4. The highest BCUT2D eigenvalue weighted by atomic mass is 35.5. The van der Waals surface area contributed by atoms with E-state index < -0.39 is 41.2 Å². The quantitative estimate of drug-likeness (QED) is 0.489. The number of aliphatic carboxylic acids is 1. The molecule has 2 saturated heterocycles. The highest BCUT2D eigenvalue weighted by Gasteiger charge is 2.68. The van der Waals surface area contributed by atoms with E-state index in [0.29, 0.717) is 22.0 Å². The number of nitrogens with zero attached hydrogens (tertiary/aromatic N) is 1. The molecule has 5 rings (SSSR count). The number of anilines is 1. The molecule has 2 fully saturated rings. The average molecular weight is 505 g/mol. The van der Waals surface area contributed by atoms with Crippen molar-refractivity contribution < 1.29 is 24.2 Å². The molecule has 0 spiro atoms. The second kappa shape index (κ2) is 9.08. The molecule has 0 bridgehead atoms. The fourth-order valence-electron chi connectivity index (χ4n) is 5.52. The molecule has 8 heteroatoms. The van der Waals surface area contributed by atoms with Crippen LogP contribution < -0.4 is 15.0 Å².